The van der Waals surface area contributed by atoms with Crippen LogP contribution >= 0.6 is 15.9 Å². The van der Waals surface area contributed by atoms with Gasteiger partial charge in [0.15, 0.2) is 0 Å². The van der Waals surface area contributed by atoms with E-state index in [0.717, 1.165) is 16.8 Å². The Morgan fingerprint density at radius 2 is 1.89 bits per heavy atom. The number of esters is 1. The lowest BCUT2D eigenvalue weighted by Gasteiger charge is -2.36. The van der Waals surface area contributed by atoms with Crippen LogP contribution in [0.5, 0.6) is 0 Å². The Kier molecular flexibility index (Phi) is 3.18. The predicted molar refractivity (Wildman–Crippen MR) is 73.2 cm³/mol. The van der Waals surface area contributed by atoms with E-state index in [9.17, 15) is 4.79 Å². The molecule has 0 aliphatic heterocycles. The molecule has 2 atom stereocenters. The number of hydrogen-bond donors (Lipinski definition) is 0. The summed E-state index contributed by atoms with van der Waals surface area (Å²) in [6.07, 6.45) is 3.52. The minimum atomic E-state index is -0.00732. The number of ether oxygens (including phenoxy) is 1. The van der Waals surface area contributed by atoms with Crippen LogP contribution in [-0.2, 0) is 9.53 Å². The molecule has 1 aromatic rings. The maximum Gasteiger partial charge on any atom is 0.308 e. The Labute approximate surface area is 116 Å². The molecule has 0 heterocycles. The van der Waals surface area contributed by atoms with Crippen LogP contribution in [0.4, 0.5) is 0 Å². The molecule has 2 nitrogen and oxygen atoms in total. The Morgan fingerprint density at radius 3 is 2.50 bits per heavy atom. The van der Waals surface area contributed by atoms with Gasteiger partial charge in [-0.2, -0.15) is 0 Å². The Hall–Kier alpha value is -0.830. The molecule has 0 amide bonds. The standard InChI is InChI=1S/C15H17BrO2/c1-18-15(17)14-8-13(14)11-6-10(7-11)9-2-4-12(16)5-3-9/h2-5,10-11,13-14H,6-8H2,1H3. The van der Waals surface area contributed by atoms with Crippen LogP contribution in [0, 0.1) is 17.8 Å². The lowest BCUT2D eigenvalue weighted by Crippen LogP contribution is -2.25. The van der Waals surface area contributed by atoms with E-state index in [2.05, 4.69) is 40.2 Å². The quantitative estimate of drug-likeness (QED) is 0.795. The summed E-state index contributed by atoms with van der Waals surface area (Å²) in [6.45, 7) is 0. The highest BCUT2D eigenvalue weighted by Crippen LogP contribution is 2.56. The molecule has 0 aromatic heterocycles. The van der Waals surface area contributed by atoms with Crippen molar-refractivity contribution < 1.29 is 9.53 Å². The molecule has 3 heteroatoms. The molecule has 2 aliphatic rings. The van der Waals surface area contributed by atoms with E-state index in [1.165, 1.54) is 25.5 Å². The second kappa shape index (κ2) is 4.69. The number of hydrogen-bond acceptors (Lipinski definition) is 2. The van der Waals surface area contributed by atoms with E-state index in [4.69, 9.17) is 4.74 Å². The highest BCUT2D eigenvalue weighted by Gasteiger charge is 2.52. The lowest BCUT2D eigenvalue weighted by molar-refractivity contribution is -0.142. The van der Waals surface area contributed by atoms with Crippen molar-refractivity contribution in [2.45, 2.75) is 25.2 Å². The largest absolute Gasteiger partial charge is 0.469 e. The van der Waals surface area contributed by atoms with Gasteiger partial charge in [-0.05, 0) is 54.7 Å². The SMILES string of the molecule is COC(=O)C1CC1C1CC(c2ccc(Br)cc2)C1. The van der Waals surface area contributed by atoms with Crippen molar-refractivity contribution in [3.63, 3.8) is 0 Å². The maximum absolute atomic E-state index is 11.4. The van der Waals surface area contributed by atoms with Crippen molar-refractivity contribution in [3.05, 3.63) is 34.3 Å². The molecule has 0 N–H and O–H groups in total. The van der Waals surface area contributed by atoms with Gasteiger partial charge in [-0.1, -0.05) is 28.1 Å². The molecule has 2 fully saturated rings. The van der Waals surface area contributed by atoms with Gasteiger partial charge in [-0.25, -0.2) is 0 Å². The van der Waals surface area contributed by atoms with Crippen LogP contribution in [0.2, 0.25) is 0 Å². The highest BCUT2D eigenvalue weighted by molar-refractivity contribution is 9.10. The molecule has 0 saturated heterocycles. The second-order valence-electron chi connectivity index (χ2n) is 5.51. The minimum Gasteiger partial charge on any atom is -0.469 e. The average molecular weight is 309 g/mol. The first-order valence-electron chi connectivity index (χ1n) is 6.52. The molecule has 0 spiro atoms. The Morgan fingerprint density at radius 1 is 1.22 bits per heavy atom. The average Bonchev–Trinajstić information content (AvgIpc) is 3.09. The molecule has 0 radical (unpaired) electrons. The van der Waals surface area contributed by atoms with E-state index in [-0.39, 0.29) is 11.9 Å². The molecule has 18 heavy (non-hydrogen) atoms. The van der Waals surface area contributed by atoms with Gasteiger partial charge in [-0.3, -0.25) is 4.79 Å². The second-order valence-corrected chi connectivity index (χ2v) is 6.42. The summed E-state index contributed by atoms with van der Waals surface area (Å²) in [4.78, 5) is 11.4. The number of carbonyl (C=O) groups excluding carboxylic acids is 1. The molecule has 2 aliphatic carbocycles. The Bertz CT molecular complexity index is 448. The number of rotatable bonds is 3. The van der Waals surface area contributed by atoms with Crippen molar-refractivity contribution >= 4 is 21.9 Å². The zero-order valence-electron chi connectivity index (χ0n) is 10.4. The Balaban J connectivity index is 1.52. The third-order valence-corrected chi connectivity index (χ3v) is 4.99. The molecule has 96 valence electrons. The normalized spacial score (nSPS) is 33.7. The zero-order chi connectivity index (χ0) is 12.7. The molecule has 0 bridgehead atoms. The van der Waals surface area contributed by atoms with Crippen LogP contribution in [0.15, 0.2) is 28.7 Å². The zero-order valence-corrected chi connectivity index (χ0v) is 12.0. The summed E-state index contributed by atoms with van der Waals surface area (Å²) in [5, 5.41) is 0. The lowest BCUT2D eigenvalue weighted by atomic mass is 9.69. The van der Waals surface area contributed by atoms with Gasteiger partial charge in [0.2, 0.25) is 0 Å². The van der Waals surface area contributed by atoms with Crippen LogP contribution in [0.25, 0.3) is 0 Å². The summed E-state index contributed by atoms with van der Waals surface area (Å²) in [6, 6.07) is 8.62. The summed E-state index contributed by atoms with van der Waals surface area (Å²) < 4.78 is 5.94. The topological polar surface area (TPSA) is 26.3 Å². The van der Waals surface area contributed by atoms with Crippen LogP contribution in [0.3, 0.4) is 0 Å². The fourth-order valence-corrected chi connectivity index (χ4v) is 3.44. The first-order valence-corrected chi connectivity index (χ1v) is 7.31. The van der Waals surface area contributed by atoms with E-state index in [1.807, 2.05) is 0 Å². The molecule has 1 aromatic carbocycles. The number of carbonyl (C=O) groups is 1. The van der Waals surface area contributed by atoms with E-state index >= 15 is 0 Å². The predicted octanol–water partition coefficient (Wildman–Crippen LogP) is 3.75. The summed E-state index contributed by atoms with van der Waals surface area (Å²) in [7, 11) is 1.49. The summed E-state index contributed by atoms with van der Waals surface area (Å²) in [5.74, 6) is 2.23. The van der Waals surface area contributed by atoms with E-state index in [0.29, 0.717) is 11.8 Å². The molecule has 2 saturated carbocycles. The number of methoxy groups -OCH3 is 1. The van der Waals surface area contributed by atoms with Gasteiger partial charge >= 0.3 is 5.97 Å². The van der Waals surface area contributed by atoms with Gasteiger partial charge in [0.1, 0.15) is 0 Å². The summed E-state index contributed by atoms with van der Waals surface area (Å²) in [5.41, 5.74) is 1.43. The first kappa shape index (κ1) is 12.2. The smallest absolute Gasteiger partial charge is 0.308 e. The molecular weight excluding hydrogens is 292 g/mol. The van der Waals surface area contributed by atoms with E-state index < -0.39 is 0 Å². The van der Waals surface area contributed by atoms with Gasteiger partial charge in [-0.15, -0.1) is 0 Å². The van der Waals surface area contributed by atoms with Gasteiger partial charge in [0.05, 0.1) is 13.0 Å². The van der Waals surface area contributed by atoms with Gasteiger partial charge in [0.25, 0.3) is 0 Å². The highest BCUT2D eigenvalue weighted by atomic mass is 79.9. The van der Waals surface area contributed by atoms with Crippen molar-refractivity contribution in [1.82, 2.24) is 0 Å². The third kappa shape index (κ3) is 2.20. The monoisotopic (exact) mass is 308 g/mol. The number of halogens is 1. The van der Waals surface area contributed by atoms with E-state index in [1.54, 1.807) is 0 Å². The van der Waals surface area contributed by atoms with Crippen LogP contribution in [0.1, 0.15) is 30.7 Å². The van der Waals surface area contributed by atoms with Crippen LogP contribution in [-0.4, -0.2) is 13.1 Å². The van der Waals surface area contributed by atoms with Gasteiger partial charge < -0.3 is 4.74 Å². The molecule has 2 unspecified atom stereocenters. The first-order chi connectivity index (χ1) is 8.69. The number of benzene rings is 1. The summed E-state index contributed by atoms with van der Waals surface area (Å²) >= 11 is 3.46. The van der Waals surface area contributed by atoms with Crippen molar-refractivity contribution in [1.29, 1.82) is 0 Å². The fraction of sp³-hybridized carbons (Fsp3) is 0.533. The third-order valence-electron chi connectivity index (χ3n) is 4.47. The molecule has 3 rings (SSSR count). The van der Waals surface area contributed by atoms with Gasteiger partial charge in [0, 0.05) is 4.47 Å². The minimum absolute atomic E-state index is 0.00732. The van der Waals surface area contributed by atoms with Crippen molar-refractivity contribution in [2.75, 3.05) is 7.11 Å². The molecular formula is C15H17BrO2. The van der Waals surface area contributed by atoms with Crippen molar-refractivity contribution in [2.24, 2.45) is 17.8 Å². The maximum atomic E-state index is 11.4. The van der Waals surface area contributed by atoms with Crippen LogP contribution < -0.4 is 0 Å². The fourth-order valence-electron chi connectivity index (χ4n) is 3.18. The van der Waals surface area contributed by atoms with Crippen molar-refractivity contribution in [3.8, 4) is 0 Å².